The summed E-state index contributed by atoms with van der Waals surface area (Å²) in [4.78, 5) is 21.4. The van der Waals surface area contributed by atoms with Crippen molar-refractivity contribution in [2.75, 3.05) is 18.0 Å². The van der Waals surface area contributed by atoms with E-state index in [1.165, 1.54) is 43.5 Å². The molecule has 1 aliphatic rings. The van der Waals surface area contributed by atoms with Crippen molar-refractivity contribution >= 4 is 11.7 Å². The largest absolute Gasteiger partial charge is 0.476 e. The van der Waals surface area contributed by atoms with E-state index >= 15 is 0 Å². The van der Waals surface area contributed by atoms with Crippen LogP contribution >= 0.6 is 0 Å². The molecule has 0 radical (unpaired) electrons. The van der Waals surface area contributed by atoms with Gasteiger partial charge in [0.25, 0.3) is 0 Å². The molecule has 5 nitrogen and oxygen atoms in total. The number of imidazole rings is 1. The van der Waals surface area contributed by atoms with E-state index in [0.717, 1.165) is 18.7 Å². The number of benzene rings is 2. The second-order valence-electron chi connectivity index (χ2n) is 7.07. The van der Waals surface area contributed by atoms with Crippen LogP contribution in [0, 0.1) is 5.82 Å². The number of nitrogens with one attached hydrogen (secondary N) is 1. The van der Waals surface area contributed by atoms with Gasteiger partial charge in [0.2, 0.25) is 0 Å². The molecule has 4 rings (SSSR count). The summed E-state index contributed by atoms with van der Waals surface area (Å²) >= 11 is 0. The molecule has 2 aromatic carbocycles. The van der Waals surface area contributed by atoms with Crippen LogP contribution in [0.5, 0.6) is 0 Å². The Morgan fingerprint density at radius 1 is 0.929 bits per heavy atom. The number of anilines is 1. The van der Waals surface area contributed by atoms with Crippen LogP contribution < -0.4 is 4.90 Å². The maximum Gasteiger partial charge on any atom is 0.356 e. The molecule has 2 heterocycles. The highest BCUT2D eigenvalue weighted by Crippen LogP contribution is 2.28. The Labute approximate surface area is 162 Å². The van der Waals surface area contributed by atoms with Gasteiger partial charge in [0.1, 0.15) is 11.6 Å². The lowest BCUT2D eigenvalue weighted by molar-refractivity contribution is 0.0692. The molecule has 0 amide bonds. The standard InChI is InChI=1S/C22H22FN3O2/c23-17-9-5-15(6-10-17)19-20(22(27)28)25-21(24-19)16-7-11-18(12-8-16)26-13-3-1-2-4-14-26/h5-12H,1-4,13-14H2,(H,24,25)(H,27,28). The molecular weight excluding hydrogens is 357 g/mol. The van der Waals surface area contributed by atoms with Gasteiger partial charge in [-0.15, -0.1) is 0 Å². The molecule has 0 saturated carbocycles. The summed E-state index contributed by atoms with van der Waals surface area (Å²) in [6, 6.07) is 13.7. The highest BCUT2D eigenvalue weighted by molar-refractivity contribution is 5.94. The number of H-pyrrole nitrogens is 1. The van der Waals surface area contributed by atoms with Gasteiger partial charge < -0.3 is 15.0 Å². The molecule has 0 spiro atoms. The van der Waals surface area contributed by atoms with E-state index in [1.54, 1.807) is 12.1 Å². The minimum atomic E-state index is -1.12. The SMILES string of the molecule is O=C(O)c1nc(-c2ccc(N3CCCCCC3)cc2)[nH]c1-c1ccc(F)cc1. The monoisotopic (exact) mass is 379 g/mol. The molecule has 1 saturated heterocycles. The molecule has 144 valence electrons. The molecule has 3 aromatic rings. The lowest BCUT2D eigenvalue weighted by Crippen LogP contribution is -2.23. The number of rotatable bonds is 4. The van der Waals surface area contributed by atoms with E-state index in [-0.39, 0.29) is 11.5 Å². The number of carboxylic acid groups (broad SMARTS) is 1. The van der Waals surface area contributed by atoms with E-state index in [9.17, 15) is 14.3 Å². The molecule has 0 aliphatic carbocycles. The van der Waals surface area contributed by atoms with Crippen LogP contribution in [0.2, 0.25) is 0 Å². The van der Waals surface area contributed by atoms with Crippen LogP contribution in [0.3, 0.4) is 0 Å². The first-order valence-corrected chi connectivity index (χ1v) is 9.56. The zero-order valence-electron chi connectivity index (χ0n) is 15.5. The average Bonchev–Trinajstić information content (AvgIpc) is 2.98. The summed E-state index contributed by atoms with van der Waals surface area (Å²) in [6.45, 7) is 2.13. The average molecular weight is 379 g/mol. The smallest absolute Gasteiger partial charge is 0.356 e. The van der Waals surface area contributed by atoms with Crippen LogP contribution in [0.4, 0.5) is 10.1 Å². The third kappa shape index (κ3) is 3.76. The van der Waals surface area contributed by atoms with Crippen molar-refractivity contribution in [1.82, 2.24) is 9.97 Å². The predicted octanol–water partition coefficient (Wildman–Crippen LogP) is 4.96. The molecule has 1 aromatic heterocycles. The first-order valence-electron chi connectivity index (χ1n) is 9.56. The van der Waals surface area contributed by atoms with Crippen molar-refractivity contribution in [3.8, 4) is 22.6 Å². The second-order valence-corrected chi connectivity index (χ2v) is 7.07. The van der Waals surface area contributed by atoms with E-state index in [4.69, 9.17) is 0 Å². The van der Waals surface area contributed by atoms with Gasteiger partial charge in [-0.05, 0) is 61.4 Å². The topological polar surface area (TPSA) is 69.2 Å². The highest BCUT2D eigenvalue weighted by atomic mass is 19.1. The summed E-state index contributed by atoms with van der Waals surface area (Å²) in [7, 11) is 0. The van der Waals surface area contributed by atoms with Gasteiger partial charge in [-0.3, -0.25) is 0 Å². The van der Waals surface area contributed by atoms with Crippen LogP contribution in [-0.4, -0.2) is 34.1 Å². The van der Waals surface area contributed by atoms with Gasteiger partial charge in [0.15, 0.2) is 5.69 Å². The van der Waals surface area contributed by atoms with Gasteiger partial charge in [0, 0.05) is 29.9 Å². The highest BCUT2D eigenvalue weighted by Gasteiger charge is 2.19. The molecular formula is C22H22FN3O2. The maximum absolute atomic E-state index is 13.2. The number of aromatic nitrogens is 2. The Balaban J connectivity index is 1.64. The minimum Gasteiger partial charge on any atom is -0.476 e. The molecule has 1 fully saturated rings. The lowest BCUT2D eigenvalue weighted by Gasteiger charge is -2.22. The summed E-state index contributed by atoms with van der Waals surface area (Å²) in [5.74, 6) is -1.01. The summed E-state index contributed by atoms with van der Waals surface area (Å²) < 4.78 is 13.2. The Bertz CT molecular complexity index is 956. The Morgan fingerprint density at radius 2 is 1.54 bits per heavy atom. The molecule has 0 unspecified atom stereocenters. The lowest BCUT2D eigenvalue weighted by atomic mass is 10.1. The van der Waals surface area contributed by atoms with Crippen molar-refractivity contribution in [1.29, 1.82) is 0 Å². The molecule has 6 heteroatoms. The number of aromatic carboxylic acids is 1. The fraction of sp³-hybridized carbons (Fsp3) is 0.273. The maximum atomic E-state index is 13.2. The fourth-order valence-corrected chi connectivity index (χ4v) is 3.65. The minimum absolute atomic E-state index is 0.0711. The molecule has 2 N–H and O–H groups in total. The predicted molar refractivity (Wildman–Crippen MR) is 107 cm³/mol. The number of halogens is 1. The molecule has 28 heavy (non-hydrogen) atoms. The fourth-order valence-electron chi connectivity index (χ4n) is 3.65. The van der Waals surface area contributed by atoms with Gasteiger partial charge >= 0.3 is 5.97 Å². The van der Waals surface area contributed by atoms with E-state index in [0.29, 0.717) is 17.1 Å². The van der Waals surface area contributed by atoms with Gasteiger partial charge in [-0.25, -0.2) is 14.2 Å². The Hall–Kier alpha value is -3.15. The van der Waals surface area contributed by atoms with Gasteiger partial charge in [-0.2, -0.15) is 0 Å². The third-order valence-electron chi connectivity index (χ3n) is 5.15. The van der Waals surface area contributed by atoms with Crippen molar-refractivity contribution in [3.05, 3.63) is 60.0 Å². The number of nitrogens with zero attached hydrogens (tertiary/aromatic N) is 2. The van der Waals surface area contributed by atoms with Gasteiger partial charge in [0.05, 0.1) is 5.69 Å². The van der Waals surface area contributed by atoms with E-state index in [1.807, 2.05) is 12.1 Å². The third-order valence-corrected chi connectivity index (χ3v) is 5.15. The van der Waals surface area contributed by atoms with Crippen molar-refractivity contribution in [3.63, 3.8) is 0 Å². The summed E-state index contributed by atoms with van der Waals surface area (Å²) in [6.07, 6.45) is 4.99. The van der Waals surface area contributed by atoms with Crippen molar-refractivity contribution in [2.24, 2.45) is 0 Å². The van der Waals surface area contributed by atoms with Crippen molar-refractivity contribution < 1.29 is 14.3 Å². The zero-order chi connectivity index (χ0) is 19.5. The number of hydrogen-bond donors (Lipinski definition) is 2. The van der Waals surface area contributed by atoms with Crippen LogP contribution in [0.1, 0.15) is 36.2 Å². The normalized spacial score (nSPS) is 14.7. The Morgan fingerprint density at radius 3 is 2.14 bits per heavy atom. The summed E-state index contributed by atoms with van der Waals surface area (Å²) in [5, 5.41) is 9.52. The van der Waals surface area contributed by atoms with Gasteiger partial charge in [-0.1, -0.05) is 12.8 Å². The number of carbonyl (C=O) groups is 1. The quantitative estimate of drug-likeness (QED) is 0.672. The van der Waals surface area contributed by atoms with Crippen LogP contribution in [0.15, 0.2) is 48.5 Å². The first kappa shape index (κ1) is 18.2. The molecule has 0 bridgehead atoms. The zero-order valence-corrected chi connectivity index (χ0v) is 15.5. The van der Waals surface area contributed by atoms with E-state index in [2.05, 4.69) is 27.0 Å². The van der Waals surface area contributed by atoms with Crippen LogP contribution in [0.25, 0.3) is 22.6 Å². The molecule has 0 atom stereocenters. The van der Waals surface area contributed by atoms with Crippen LogP contribution in [-0.2, 0) is 0 Å². The molecule has 1 aliphatic heterocycles. The summed E-state index contributed by atoms with van der Waals surface area (Å²) in [5.41, 5.74) is 2.87. The second kappa shape index (κ2) is 7.84. The number of aromatic amines is 1. The number of carboxylic acids is 1. The van der Waals surface area contributed by atoms with E-state index < -0.39 is 5.97 Å². The number of hydrogen-bond acceptors (Lipinski definition) is 3. The van der Waals surface area contributed by atoms with Crippen molar-refractivity contribution in [2.45, 2.75) is 25.7 Å². The first-order chi connectivity index (χ1) is 13.6. The Kier molecular flexibility index (Phi) is 5.10.